The van der Waals surface area contributed by atoms with Crippen LogP contribution in [0.4, 0.5) is 14.5 Å². The zero-order valence-electron chi connectivity index (χ0n) is 9.65. The molecule has 0 heterocycles. The molecule has 5 nitrogen and oxygen atoms in total. The third kappa shape index (κ3) is 3.41. The molecule has 0 spiro atoms. The molecule has 0 fully saturated rings. The average molecular weight is 257 g/mol. The summed E-state index contributed by atoms with van der Waals surface area (Å²) in [5.41, 5.74) is 5.31. The van der Waals surface area contributed by atoms with E-state index in [1.807, 2.05) is 0 Å². The second-order valence-electron chi connectivity index (χ2n) is 3.63. The van der Waals surface area contributed by atoms with Crippen LogP contribution in [0.3, 0.4) is 0 Å². The van der Waals surface area contributed by atoms with E-state index < -0.39 is 23.5 Å². The Morgan fingerprint density at radius 3 is 2.44 bits per heavy atom. The topological polar surface area (TPSA) is 87.7 Å². The molecule has 1 aromatic carbocycles. The van der Waals surface area contributed by atoms with Gasteiger partial charge in [-0.2, -0.15) is 0 Å². The molecular formula is C11H13F2N3O2. The highest BCUT2D eigenvalue weighted by Gasteiger charge is 2.21. The number of hydrogen-bond donors (Lipinski definition) is 3. The highest BCUT2D eigenvalue weighted by atomic mass is 19.1. The predicted molar refractivity (Wildman–Crippen MR) is 62.2 cm³/mol. The van der Waals surface area contributed by atoms with Crippen molar-refractivity contribution in [1.29, 1.82) is 0 Å². The summed E-state index contributed by atoms with van der Waals surface area (Å²) in [6.45, 7) is 1.66. The van der Waals surface area contributed by atoms with Gasteiger partial charge >= 0.3 is 0 Å². The maximum Gasteiger partial charge on any atom is 0.235 e. The van der Waals surface area contributed by atoms with E-state index in [2.05, 4.69) is 10.5 Å². The maximum absolute atomic E-state index is 12.9. The van der Waals surface area contributed by atoms with Gasteiger partial charge in [-0.15, -0.1) is 0 Å². The van der Waals surface area contributed by atoms with E-state index in [1.54, 1.807) is 6.92 Å². The number of amidine groups is 1. The lowest BCUT2D eigenvalue weighted by molar-refractivity contribution is -0.118. The van der Waals surface area contributed by atoms with E-state index in [4.69, 9.17) is 10.9 Å². The van der Waals surface area contributed by atoms with Gasteiger partial charge in [0.2, 0.25) is 5.91 Å². The number of carbonyl (C=O) groups is 1. The lowest BCUT2D eigenvalue weighted by Crippen LogP contribution is -2.34. The van der Waals surface area contributed by atoms with Crippen LogP contribution in [0.1, 0.15) is 13.3 Å². The fraction of sp³-hybridized carbons (Fsp3) is 0.273. The molecule has 1 unspecified atom stereocenters. The normalized spacial score (nSPS) is 13.2. The van der Waals surface area contributed by atoms with Crippen molar-refractivity contribution in [3.05, 3.63) is 29.8 Å². The summed E-state index contributed by atoms with van der Waals surface area (Å²) >= 11 is 0. The summed E-state index contributed by atoms with van der Waals surface area (Å²) in [6.07, 6.45) is 0.291. The first-order valence-corrected chi connectivity index (χ1v) is 5.22. The van der Waals surface area contributed by atoms with Gasteiger partial charge in [-0.3, -0.25) is 4.79 Å². The quantitative estimate of drug-likeness (QED) is 0.332. The van der Waals surface area contributed by atoms with Crippen molar-refractivity contribution in [3.63, 3.8) is 0 Å². The van der Waals surface area contributed by atoms with Crippen LogP contribution in [0.15, 0.2) is 23.4 Å². The van der Waals surface area contributed by atoms with Crippen LogP contribution in [0.5, 0.6) is 0 Å². The van der Waals surface area contributed by atoms with Crippen LogP contribution in [0.2, 0.25) is 0 Å². The summed E-state index contributed by atoms with van der Waals surface area (Å²) in [5, 5.41) is 13.5. The number of anilines is 1. The molecule has 0 aliphatic heterocycles. The zero-order valence-corrected chi connectivity index (χ0v) is 9.65. The molecule has 0 saturated carbocycles. The summed E-state index contributed by atoms with van der Waals surface area (Å²) in [5.74, 6) is -3.32. The summed E-state index contributed by atoms with van der Waals surface area (Å²) < 4.78 is 25.8. The summed E-state index contributed by atoms with van der Waals surface area (Å²) in [7, 11) is 0. The van der Waals surface area contributed by atoms with E-state index in [1.165, 1.54) is 0 Å². The monoisotopic (exact) mass is 257 g/mol. The third-order valence-corrected chi connectivity index (χ3v) is 2.33. The fourth-order valence-corrected chi connectivity index (χ4v) is 1.45. The molecule has 0 bridgehead atoms. The molecule has 1 rings (SSSR count). The number of nitrogens with one attached hydrogen (secondary N) is 1. The second kappa shape index (κ2) is 5.95. The van der Waals surface area contributed by atoms with Gasteiger partial charge in [-0.05, 0) is 18.6 Å². The van der Waals surface area contributed by atoms with Crippen LogP contribution >= 0.6 is 0 Å². The van der Waals surface area contributed by atoms with Crippen LogP contribution in [0.25, 0.3) is 0 Å². The van der Waals surface area contributed by atoms with Crippen LogP contribution in [-0.2, 0) is 4.79 Å². The molecule has 0 saturated heterocycles. The van der Waals surface area contributed by atoms with Gasteiger partial charge in [0.05, 0.1) is 5.92 Å². The molecule has 1 amide bonds. The molecule has 0 aliphatic carbocycles. The number of oxime groups is 1. The molecule has 18 heavy (non-hydrogen) atoms. The minimum absolute atomic E-state index is 0.0262. The van der Waals surface area contributed by atoms with E-state index in [-0.39, 0.29) is 11.5 Å². The van der Waals surface area contributed by atoms with Crippen molar-refractivity contribution in [1.82, 2.24) is 0 Å². The lowest BCUT2D eigenvalue weighted by atomic mass is 10.0. The van der Waals surface area contributed by atoms with Crippen LogP contribution in [-0.4, -0.2) is 17.0 Å². The molecule has 1 atom stereocenters. The van der Waals surface area contributed by atoms with Gasteiger partial charge in [0.1, 0.15) is 11.6 Å². The molecule has 0 radical (unpaired) electrons. The zero-order chi connectivity index (χ0) is 13.7. The highest BCUT2D eigenvalue weighted by molar-refractivity contribution is 6.07. The Bertz CT molecular complexity index is 457. The minimum Gasteiger partial charge on any atom is -0.409 e. The molecule has 0 aromatic heterocycles. The first-order valence-electron chi connectivity index (χ1n) is 5.22. The minimum atomic E-state index is -0.860. The van der Waals surface area contributed by atoms with Crippen molar-refractivity contribution >= 4 is 17.4 Å². The van der Waals surface area contributed by atoms with Gasteiger partial charge in [0.15, 0.2) is 5.84 Å². The first kappa shape index (κ1) is 13.9. The smallest absolute Gasteiger partial charge is 0.235 e. The number of rotatable bonds is 4. The Labute approximate surface area is 102 Å². The Balaban J connectivity index is 2.86. The summed E-state index contributed by atoms with van der Waals surface area (Å²) in [4.78, 5) is 11.7. The Morgan fingerprint density at radius 2 is 2.00 bits per heavy atom. The number of benzene rings is 1. The number of hydrogen-bond acceptors (Lipinski definition) is 3. The molecule has 7 heteroatoms. The van der Waals surface area contributed by atoms with Crippen molar-refractivity contribution in [2.24, 2.45) is 16.8 Å². The van der Waals surface area contributed by atoms with Crippen molar-refractivity contribution in [2.45, 2.75) is 13.3 Å². The Hall–Kier alpha value is -2.18. The maximum atomic E-state index is 12.9. The highest BCUT2D eigenvalue weighted by Crippen LogP contribution is 2.15. The van der Waals surface area contributed by atoms with Gasteiger partial charge in [-0.25, -0.2) is 8.78 Å². The SMILES string of the molecule is CCC(C(=O)Nc1cc(F)cc(F)c1)/C(N)=N/O. The second-order valence-corrected chi connectivity index (χ2v) is 3.63. The molecule has 1 aromatic rings. The lowest BCUT2D eigenvalue weighted by Gasteiger charge is -2.13. The number of nitrogens with zero attached hydrogens (tertiary/aromatic N) is 1. The number of carbonyl (C=O) groups excluding carboxylic acids is 1. The Kier molecular flexibility index (Phi) is 4.59. The molecule has 4 N–H and O–H groups in total. The van der Waals surface area contributed by atoms with E-state index in [9.17, 15) is 13.6 Å². The van der Waals surface area contributed by atoms with Crippen molar-refractivity contribution in [2.75, 3.05) is 5.32 Å². The van der Waals surface area contributed by atoms with Crippen LogP contribution in [0, 0.1) is 17.6 Å². The standard InChI is InChI=1S/C11H13F2N3O2/c1-2-9(10(14)16-18)11(17)15-8-4-6(12)3-7(13)5-8/h3-5,9,18H,2H2,1H3,(H2,14,16)(H,15,17). The third-order valence-electron chi connectivity index (χ3n) is 2.33. The first-order chi connectivity index (χ1) is 8.47. The average Bonchev–Trinajstić information content (AvgIpc) is 2.28. The molecular weight excluding hydrogens is 244 g/mol. The van der Waals surface area contributed by atoms with E-state index in [0.29, 0.717) is 12.5 Å². The largest absolute Gasteiger partial charge is 0.409 e. The van der Waals surface area contributed by atoms with Gasteiger partial charge in [-0.1, -0.05) is 12.1 Å². The van der Waals surface area contributed by atoms with Gasteiger partial charge in [0, 0.05) is 11.8 Å². The van der Waals surface area contributed by atoms with Crippen LogP contribution < -0.4 is 11.1 Å². The Morgan fingerprint density at radius 1 is 1.44 bits per heavy atom. The number of nitrogens with two attached hydrogens (primary N) is 1. The molecule has 0 aliphatic rings. The number of halogens is 2. The number of amides is 1. The molecule has 98 valence electrons. The van der Waals surface area contributed by atoms with Gasteiger partial charge < -0.3 is 16.3 Å². The van der Waals surface area contributed by atoms with Gasteiger partial charge in [0.25, 0.3) is 0 Å². The predicted octanol–water partition coefficient (Wildman–Crippen LogP) is 1.68. The summed E-state index contributed by atoms with van der Waals surface area (Å²) in [6, 6.07) is 2.64. The van der Waals surface area contributed by atoms with E-state index in [0.717, 1.165) is 12.1 Å². The van der Waals surface area contributed by atoms with Crippen molar-refractivity contribution < 1.29 is 18.8 Å². The fourth-order valence-electron chi connectivity index (χ4n) is 1.45. The van der Waals surface area contributed by atoms with Crippen molar-refractivity contribution in [3.8, 4) is 0 Å². The van der Waals surface area contributed by atoms with E-state index >= 15 is 0 Å².